The van der Waals surface area contributed by atoms with Crippen molar-refractivity contribution in [2.75, 3.05) is 0 Å². The molecule has 0 bridgehead atoms. The quantitative estimate of drug-likeness (QED) is 0.615. The highest BCUT2D eigenvalue weighted by Gasteiger charge is 2.62. The highest BCUT2D eigenvalue weighted by atomic mass is 16.5. The Balaban J connectivity index is 1.99. The van der Waals surface area contributed by atoms with E-state index in [1.807, 2.05) is 0 Å². The van der Waals surface area contributed by atoms with Gasteiger partial charge >= 0.3 is 5.97 Å². The summed E-state index contributed by atoms with van der Waals surface area (Å²) in [6.07, 6.45) is 5.09. The van der Waals surface area contributed by atoms with Gasteiger partial charge in [0.25, 0.3) is 0 Å². The lowest BCUT2D eigenvalue weighted by atomic mass is 9.50. The van der Waals surface area contributed by atoms with Gasteiger partial charge in [-0.3, -0.25) is 4.79 Å². The first-order valence-corrected chi connectivity index (χ1v) is 8.90. The summed E-state index contributed by atoms with van der Waals surface area (Å²) in [5, 5.41) is 10.7. The van der Waals surface area contributed by atoms with Gasteiger partial charge in [-0.25, -0.2) is 0 Å². The molecule has 0 amide bonds. The summed E-state index contributed by atoms with van der Waals surface area (Å²) < 4.78 is 5.72. The predicted octanol–water partition coefficient (Wildman–Crippen LogP) is 4.44. The van der Waals surface area contributed by atoms with Crippen molar-refractivity contribution < 1.29 is 14.6 Å². The fourth-order valence-electron chi connectivity index (χ4n) is 5.55. The van der Waals surface area contributed by atoms with Gasteiger partial charge in [-0.05, 0) is 48.5 Å². The Labute approximate surface area is 138 Å². The SMILES string of the molecule is CC(C)c1cc2c3c(c1O)OC(=O)[C@@]31CCCC(C)(C)[C@@H]1CC2. The number of ether oxygens (including phenoxy) is 1. The van der Waals surface area contributed by atoms with E-state index in [1.54, 1.807) is 0 Å². The molecule has 124 valence electrons. The fraction of sp³-hybridized carbons (Fsp3) is 0.650. The number of aryl methyl sites for hydroxylation is 1. The normalized spacial score (nSPS) is 30.8. The van der Waals surface area contributed by atoms with Crippen molar-refractivity contribution in [2.24, 2.45) is 11.3 Å². The molecule has 3 aliphatic rings. The summed E-state index contributed by atoms with van der Waals surface area (Å²) in [6, 6.07) is 2.13. The Morgan fingerprint density at radius 3 is 2.74 bits per heavy atom. The molecule has 0 saturated heterocycles. The summed E-state index contributed by atoms with van der Waals surface area (Å²) in [6.45, 7) is 8.71. The number of esters is 1. The largest absolute Gasteiger partial charge is 0.504 e. The monoisotopic (exact) mass is 314 g/mol. The number of hydrogen-bond acceptors (Lipinski definition) is 3. The second kappa shape index (κ2) is 4.52. The number of carbonyl (C=O) groups excluding carboxylic acids is 1. The van der Waals surface area contributed by atoms with Crippen LogP contribution in [0.25, 0.3) is 0 Å². The third-order valence-electron chi connectivity index (χ3n) is 6.63. The lowest BCUT2D eigenvalue weighted by Gasteiger charge is -2.51. The smallest absolute Gasteiger partial charge is 0.322 e. The van der Waals surface area contributed by atoms with E-state index in [1.165, 1.54) is 5.56 Å². The number of rotatable bonds is 1. The van der Waals surface area contributed by atoms with E-state index in [9.17, 15) is 9.90 Å². The van der Waals surface area contributed by atoms with Crippen LogP contribution < -0.4 is 4.74 Å². The number of aromatic hydroxyl groups is 1. The second-order valence-electron chi connectivity index (χ2n) is 8.63. The first kappa shape index (κ1) is 15.0. The molecule has 2 aliphatic carbocycles. The van der Waals surface area contributed by atoms with E-state index in [0.717, 1.165) is 43.2 Å². The molecule has 3 nitrogen and oxygen atoms in total. The summed E-state index contributed by atoms with van der Waals surface area (Å²) in [5.74, 6) is 1.07. The van der Waals surface area contributed by atoms with E-state index in [-0.39, 0.29) is 23.1 Å². The Morgan fingerprint density at radius 1 is 1.30 bits per heavy atom. The van der Waals surface area contributed by atoms with Crippen LogP contribution >= 0.6 is 0 Å². The highest BCUT2D eigenvalue weighted by molar-refractivity contribution is 5.94. The van der Waals surface area contributed by atoms with Crippen molar-refractivity contribution in [3.05, 3.63) is 22.8 Å². The second-order valence-corrected chi connectivity index (χ2v) is 8.63. The van der Waals surface area contributed by atoms with Crippen LogP contribution in [-0.2, 0) is 16.6 Å². The summed E-state index contributed by atoms with van der Waals surface area (Å²) >= 11 is 0. The first-order valence-electron chi connectivity index (χ1n) is 8.90. The average molecular weight is 314 g/mol. The molecular formula is C20H26O3. The van der Waals surface area contributed by atoms with Crippen LogP contribution in [-0.4, -0.2) is 11.1 Å². The van der Waals surface area contributed by atoms with Gasteiger partial charge in [-0.1, -0.05) is 40.2 Å². The van der Waals surface area contributed by atoms with Crippen molar-refractivity contribution in [2.45, 2.75) is 71.1 Å². The number of carbonyl (C=O) groups is 1. The summed E-state index contributed by atoms with van der Waals surface area (Å²) in [5.41, 5.74) is 2.77. The maximum absolute atomic E-state index is 13.0. The van der Waals surface area contributed by atoms with Gasteiger partial charge in [-0.2, -0.15) is 0 Å². The molecule has 1 N–H and O–H groups in total. The summed E-state index contributed by atoms with van der Waals surface area (Å²) in [7, 11) is 0. The summed E-state index contributed by atoms with van der Waals surface area (Å²) in [4.78, 5) is 13.0. The van der Waals surface area contributed by atoms with Gasteiger partial charge < -0.3 is 9.84 Å². The van der Waals surface area contributed by atoms with Gasteiger partial charge in [-0.15, -0.1) is 0 Å². The molecule has 23 heavy (non-hydrogen) atoms. The molecule has 4 rings (SSSR count). The van der Waals surface area contributed by atoms with Crippen molar-refractivity contribution in [3.63, 3.8) is 0 Å². The van der Waals surface area contributed by atoms with Crippen molar-refractivity contribution in [1.29, 1.82) is 0 Å². The van der Waals surface area contributed by atoms with Crippen molar-refractivity contribution in [1.82, 2.24) is 0 Å². The van der Waals surface area contributed by atoms with E-state index in [2.05, 4.69) is 33.8 Å². The van der Waals surface area contributed by atoms with Gasteiger partial charge in [0.05, 0.1) is 0 Å². The fourth-order valence-corrected chi connectivity index (χ4v) is 5.55. The maximum atomic E-state index is 13.0. The molecule has 0 aromatic heterocycles. The van der Waals surface area contributed by atoms with Crippen molar-refractivity contribution in [3.8, 4) is 11.5 Å². The zero-order valence-corrected chi connectivity index (χ0v) is 14.5. The van der Waals surface area contributed by atoms with Crippen LogP contribution in [0.2, 0.25) is 0 Å². The minimum absolute atomic E-state index is 0.123. The zero-order valence-electron chi connectivity index (χ0n) is 14.5. The Morgan fingerprint density at radius 2 is 2.04 bits per heavy atom. The topological polar surface area (TPSA) is 46.5 Å². The van der Waals surface area contributed by atoms with Crippen LogP contribution in [0.5, 0.6) is 11.5 Å². The number of phenolic OH excluding ortho intramolecular Hbond substituents is 1. The molecule has 1 spiro atoms. The third-order valence-corrected chi connectivity index (χ3v) is 6.63. The molecule has 1 saturated carbocycles. The molecule has 1 fully saturated rings. The van der Waals surface area contributed by atoms with E-state index >= 15 is 0 Å². The molecule has 1 aromatic carbocycles. The molecule has 0 unspecified atom stereocenters. The molecular weight excluding hydrogens is 288 g/mol. The Hall–Kier alpha value is -1.51. The molecule has 1 aromatic rings. The van der Waals surface area contributed by atoms with Crippen LogP contribution in [0.3, 0.4) is 0 Å². The van der Waals surface area contributed by atoms with E-state index in [4.69, 9.17) is 4.74 Å². The average Bonchev–Trinajstić information content (AvgIpc) is 2.76. The minimum atomic E-state index is -0.516. The standard InChI is InChI=1S/C20H26O3/c1-11(2)13-10-12-6-7-14-19(3,4)8-5-9-20(14)15(12)17(16(13)21)23-18(20)22/h10-11,14,21H,5-9H2,1-4H3/t14-,20+/m0/s1. The third kappa shape index (κ3) is 1.74. The molecule has 3 heteroatoms. The molecule has 0 radical (unpaired) electrons. The predicted molar refractivity (Wildman–Crippen MR) is 89.0 cm³/mol. The van der Waals surface area contributed by atoms with E-state index < -0.39 is 5.41 Å². The first-order chi connectivity index (χ1) is 10.8. The Kier molecular flexibility index (Phi) is 2.96. The maximum Gasteiger partial charge on any atom is 0.322 e. The van der Waals surface area contributed by atoms with Gasteiger partial charge in [0.1, 0.15) is 5.41 Å². The van der Waals surface area contributed by atoms with Crippen LogP contribution in [0.1, 0.15) is 76.0 Å². The lowest BCUT2D eigenvalue weighted by molar-refractivity contribution is -0.145. The number of phenols is 1. The molecule has 1 heterocycles. The van der Waals surface area contributed by atoms with Gasteiger partial charge in [0, 0.05) is 11.1 Å². The van der Waals surface area contributed by atoms with Crippen LogP contribution in [0.4, 0.5) is 0 Å². The number of hydrogen-bond donors (Lipinski definition) is 1. The van der Waals surface area contributed by atoms with Crippen LogP contribution in [0, 0.1) is 11.3 Å². The van der Waals surface area contributed by atoms with Crippen LogP contribution in [0.15, 0.2) is 6.07 Å². The Bertz CT molecular complexity index is 701. The molecule has 1 aliphatic heterocycles. The van der Waals surface area contributed by atoms with Gasteiger partial charge in [0.15, 0.2) is 11.5 Å². The zero-order chi connectivity index (χ0) is 16.6. The lowest BCUT2D eigenvalue weighted by Crippen LogP contribution is -2.52. The van der Waals surface area contributed by atoms with Crippen molar-refractivity contribution >= 4 is 5.97 Å². The minimum Gasteiger partial charge on any atom is -0.504 e. The van der Waals surface area contributed by atoms with Gasteiger partial charge in [0.2, 0.25) is 0 Å². The number of benzene rings is 1. The molecule has 2 atom stereocenters. The highest BCUT2D eigenvalue weighted by Crippen LogP contribution is 2.64. The van der Waals surface area contributed by atoms with E-state index in [0.29, 0.717) is 11.7 Å².